The maximum absolute atomic E-state index is 14.4. The maximum Gasteiger partial charge on any atom is 0.190 e. The molecule has 0 bridgehead atoms. The minimum Gasteiger partial charge on any atom is -0.319 e. The Balaban J connectivity index is 2.17. The molecule has 2 aliphatic carbocycles. The molecule has 2 unspecified atom stereocenters. The van der Waals surface area contributed by atoms with Gasteiger partial charge in [0.1, 0.15) is 0 Å². The summed E-state index contributed by atoms with van der Waals surface area (Å²) < 4.78 is 2.41. The molecule has 0 amide bonds. The highest BCUT2D eigenvalue weighted by atomic mass is 16.1. The Labute approximate surface area is 180 Å². The number of benzene rings is 1. The van der Waals surface area contributed by atoms with Crippen LogP contribution in [0, 0.1) is 0 Å². The summed E-state index contributed by atoms with van der Waals surface area (Å²) >= 11 is 0. The van der Waals surface area contributed by atoms with Crippen LogP contribution >= 0.6 is 0 Å². The van der Waals surface area contributed by atoms with Gasteiger partial charge in [-0.05, 0) is 41.7 Å². The van der Waals surface area contributed by atoms with Gasteiger partial charge in [0.25, 0.3) is 0 Å². The first-order valence-corrected chi connectivity index (χ1v) is 11.6. The molecule has 3 aromatic rings. The fraction of sp³-hybridized carbons (Fsp3) is 0.536. The van der Waals surface area contributed by atoms with Crippen LogP contribution in [-0.2, 0) is 21.7 Å². The third-order valence-corrected chi connectivity index (χ3v) is 9.13. The van der Waals surface area contributed by atoms with Crippen molar-refractivity contribution in [3.05, 3.63) is 63.1 Å². The molecule has 2 heterocycles. The summed E-state index contributed by atoms with van der Waals surface area (Å²) in [5.41, 5.74) is 5.81. The second kappa shape index (κ2) is 5.58. The average molecular weight is 402 g/mol. The van der Waals surface area contributed by atoms with Crippen LogP contribution in [-0.4, -0.2) is 4.40 Å². The first-order valence-electron chi connectivity index (χ1n) is 11.6. The van der Waals surface area contributed by atoms with E-state index >= 15 is 0 Å². The number of pyridine rings is 2. The molecule has 0 aliphatic heterocycles. The predicted octanol–water partition coefficient (Wildman–Crippen LogP) is 6.76. The molecule has 2 heteroatoms. The monoisotopic (exact) mass is 401 g/mol. The number of aromatic nitrogens is 1. The van der Waals surface area contributed by atoms with Crippen LogP contribution in [0.5, 0.6) is 0 Å². The van der Waals surface area contributed by atoms with Crippen LogP contribution < -0.4 is 5.43 Å². The lowest BCUT2D eigenvalue weighted by atomic mass is 9.53. The molecule has 2 aliphatic rings. The van der Waals surface area contributed by atoms with E-state index in [1.807, 2.05) is 0 Å². The van der Waals surface area contributed by atoms with Gasteiger partial charge in [0.05, 0.1) is 5.52 Å². The van der Waals surface area contributed by atoms with Crippen molar-refractivity contribution in [1.29, 1.82) is 0 Å². The number of fused-ring (bicyclic) bond motifs is 2. The number of hydrogen-bond acceptors (Lipinski definition) is 1. The van der Waals surface area contributed by atoms with Crippen LogP contribution in [0.1, 0.15) is 97.0 Å². The molecule has 0 fully saturated rings. The largest absolute Gasteiger partial charge is 0.319 e. The standard InChI is InChI=1S/C28H35NO/c1-9-27(7)18-13-11-12-17-14-15-29-22(19(17)18)20(28(27,8)10-2)23(30)21-24(29)26(5,6)16-25(21,3)4/h11-15H,9-10,16H2,1-8H3. The number of hydrogen-bond donors (Lipinski definition) is 0. The lowest BCUT2D eigenvalue weighted by molar-refractivity contribution is 0.233. The molecule has 30 heavy (non-hydrogen) atoms. The lowest BCUT2D eigenvalue weighted by Crippen LogP contribution is -2.50. The molecule has 0 radical (unpaired) electrons. The zero-order valence-corrected chi connectivity index (χ0v) is 19.9. The van der Waals surface area contributed by atoms with Crippen LogP contribution in [0.4, 0.5) is 0 Å². The van der Waals surface area contributed by atoms with E-state index in [2.05, 4.69) is 90.3 Å². The minimum atomic E-state index is -0.204. The van der Waals surface area contributed by atoms with Crippen molar-refractivity contribution in [2.24, 2.45) is 0 Å². The number of nitrogens with zero attached hydrogens (tertiary/aromatic N) is 1. The maximum atomic E-state index is 14.4. The molecule has 0 saturated carbocycles. The van der Waals surface area contributed by atoms with E-state index in [1.165, 1.54) is 27.5 Å². The normalized spacial score (nSPS) is 28.4. The molecule has 2 aromatic heterocycles. The zero-order valence-electron chi connectivity index (χ0n) is 19.9. The SMILES string of the molecule is CCC1(C)c2cccc3ccn4c5c(c(=O)c(c4c23)C1(C)CC)C(C)(C)CC5(C)C. The minimum absolute atomic E-state index is 0.0298. The van der Waals surface area contributed by atoms with Crippen LogP contribution in [0.25, 0.3) is 16.3 Å². The first kappa shape index (κ1) is 19.8. The quantitative estimate of drug-likeness (QED) is 0.435. The van der Waals surface area contributed by atoms with E-state index in [0.29, 0.717) is 5.43 Å². The Morgan fingerprint density at radius 1 is 0.867 bits per heavy atom. The van der Waals surface area contributed by atoms with E-state index in [-0.39, 0.29) is 21.7 Å². The van der Waals surface area contributed by atoms with E-state index in [4.69, 9.17) is 0 Å². The Morgan fingerprint density at radius 2 is 1.53 bits per heavy atom. The average Bonchev–Trinajstić information content (AvgIpc) is 2.89. The highest BCUT2D eigenvalue weighted by Crippen LogP contribution is 2.57. The van der Waals surface area contributed by atoms with E-state index < -0.39 is 0 Å². The van der Waals surface area contributed by atoms with Crippen molar-refractivity contribution < 1.29 is 0 Å². The Bertz CT molecular complexity index is 1290. The summed E-state index contributed by atoms with van der Waals surface area (Å²) in [5.74, 6) is 0. The van der Waals surface area contributed by atoms with Gasteiger partial charge >= 0.3 is 0 Å². The first-order chi connectivity index (χ1) is 13.9. The molecular weight excluding hydrogens is 366 g/mol. The van der Waals surface area contributed by atoms with E-state index in [0.717, 1.165) is 30.4 Å². The Kier molecular flexibility index (Phi) is 3.69. The van der Waals surface area contributed by atoms with E-state index in [1.54, 1.807) is 0 Å². The van der Waals surface area contributed by atoms with Gasteiger partial charge in [-0.3, -0.25) is 4.79 Å². The summed E-state index contributed by atoms with van der Waals surface area (Å²) in [6, 6.07) is 8.98. The lowest BCUT2D eigenvalue weighted by Gasteiger charge is -2.50. The van der Waals surface area contributed by atoms with E-state index in [9.17, 15) is 4.79 Å². The van der Waals surface area contributed by atoms with Gasteiger partial charge in [-0.25, -0.2) is 0 Å². The van der Waals surface area contributed by atoms with Crippen LogP contribution in [0.2, 0.25) is 0 Å². The third-order valence-electron chi connectivity index (χ3n) is 9.13. The van der Waals surface area contributed by atoms with Crippen LogP contribution in [0.15, 0.2) is 35.3 Å². The number of rotatable bonds is 2. The van der Waals surface area contributed by atoms with Gasteiger partial charge in [-0.1, -0.05) is 73.6 Å². The topological polar surface area (TPSA) is 21.5 Å². The zero-order chi connectivity index (χ0) is 21.9. The van der Waals surface area contributed by atoms with Crippen molar-refractivity contribution in [3.63, 3.8) is 0 Å². The van der Waals surface area contributed by atoms with Gasteiger partial charge in [0.2, 0.25) is 0 Å². The second-order valence-electron chi connectivity index (χ2n) is 11.5. The molecule has 0 N–H and O–H groups in total. The summed E-state index contributed by atoms with van der Waals surface area (Å²) in [6.45, 7) is 18.4. The van der Waals surface area contributed by atoms with Crippen molar-refractivity contribution in [3.8, 4) is 0 Å². The molecule has 2 nitrogen and oxygen atoms in total. The molecular formula is C28H35NO. The Morgan fingerprint density at radius 3 is 2.17 bits per heavy atom. The molecule has 1 aromatic carbocycles. The smallest absolute Gasteiger partial charge is 0.190 e. The van der Waals surface area contributed by atoms with Gasteiger partial charge in [0, 0.05) is 44.6 Å². The highest BCUT2D eigenvalue weighted by molar-refractivity contribution is 6.03. The molecule has 2 atom stereocenters. The highest BCUT2D eigenvalue weighted by Gasteiger charge is 2.54. The summed E-state index contributed by atoms with van der Waals surface area (Å²) in [5, 5.41) is 2.55. The van der Waals surface area contributed by atoms with Gasteiger partial charge in [-0.2, -0.15) is 0 Å². The van der Waals surface area contributed by atoms with Crippen molar-refractivity contribution >= 4 is 16.3 Å². The molecule has 158 valence electrons. The third kappa shape index (κ3) is 1.99. The molecule has 5 rings (SSSR count). The second-order valence-corrected chi connectivity index (χ2v) is 11.5. The van der Waals surface area contributed by atoms with Crippen molar-refractivity contribution in [1.82, 2.24) is 4.40 Å². The fourth-order valence-corrected chi connectivity index (χ4v) is 7.48. The molecule has 0 saturated heterocycles. The Hall–Kier alpha value is -2.09. The van der Waals surface area contributed by atoms with Gasteiger partial charge in [-0.15, -0.1) is 0 Å². The van der Waals surface area contributed by atoms with Crippen LogP contribution in [0.3, 0.4) is 0 Å². The summed E-state index contributed by atoms with van der Waals surface area (Å²) in [7, 11) is 0. The van der Waals surface area contributed by atoms with Crippen molar-refractivity contribution in [2.45, 2.75) is 96.3 Å². The van der Waals surface area contributed by atoms with Gasteiger partial charge < -0.3 is 4.40 Å². The molecule has 0 spiro atoms. The fourth-order valence-electron chi connectivity index (χ4n) is 7.48. The predicted molar refractivity (Wildman–Crippen MR) is 127 cm³/mol. The van der Waals surface area contributed by atoms with Gasteiger partial charge in [0.15, 0.2) is 5.43 Å². The summed E-state index contributed by atoms with van der Waals surface area (Å²) in [6.07, 6.45) is 5.21. The summed E-state index contributed by atoms with van der Waals surface area (Å²) in [4.78, 5) is 14.4. The van der Waals surface area contributed by atoms with Crippen molar-refractivity contribution in [2.75, 3.05) is 0 Å².